The number of hydrazone groups is 1. The minimum absolute atomic E-state index is 0.160. The Morgan fingerprint density at radius 2 is 2.29 bits per heavy atom. The standard InChI is InChI=1S/C10H9FN4O2/c1-5-8(10(12)17-15-5)13-14-9-6(11)3-2-4-7(9)16/h2-4,12,14,16H,1H3/b12-10?,13-8-. The molecular formula is C10H9FN4O2. The summed E-state index contributed by atoms with van der Waals surface area (Å²) in [6.07, 6.45) is 0. The van der Waals surface area contributed by atoms with Crippen molar-refractivity contribution >= 4 is 23.0 Å². The van der Waals surface area contributed by atoms with Gasteiger partial charge in [0.2, 0.25) is 0 Å². The van der Waals surface area contributed by atoms with Crippen molar-refractivity contribution in [3.63, 3.8) is 0 Å². The van der Waals surface area contributed by atoms with E-state index in [1.165, 1.54) is 18.2 Å². The molecule has 1 aromatic carbocycles. The average molecular weight is 236 g/mol. The summed E-state index contributed by atoms with van der Waals surface area (Å²) in [5.41, 5.74) is 2.75. The molecule has 7 heteroatoms. The van der Waals surface area contributed by atoms with E-state index in [9.17, 15) is 9.50 Å². The molecule has 1 aromatic rings. The van der Waals surface area contributed by atoms with Gasteiger partial charge in [0.1, 0.15) is 17.1 Å². The van der Waals surface area contributed by atoms with Crippen LogP contribution in [-0.4, -0.2) is 22.4 Å². The highest BCUT2D eigenvalue weighted by molar-refractivity contribution is 6.67. The molecule has 0 atom stereocenters. The van der Waals surface area contributed by atoms with Crippen LogP contribution < -0.4 is 5.43 Å². The summed E-state index contributed by atoms with van der Waals surface area (Å²) in [7, 11) is 0. The zero-order valence-corrected chi connectivity index (χ0v) is 8.86. The number of para-hydroxylation sites is 1. The Balaban J connectivity index is 2.26. The molecule has 0 aliphatic carbocycles. The molecule has 17 heavy (non-hydrogen) atoms. The molecule has 0 radical (unpaired) electrons. The lowest BCUT2D eigenvalue weighted by atomic mass is 10.2. The summed E-state index contributed by atoms with van der Waals surface area (Å²) in [6, 6.07) is 3.87. The topological polar surface area (TPSA) is 90.1 Å². The zero-order valence-electron chi connectivity index (χ0n) is 8.86. The Labute approximate surface area is 95.9 Å². The molecule has 0 amide bonds. The summed E-state index contributed by atoms with van der Waals surface area (Å²) in [5, 5.41) is 24.0. The number of nitrogens with one attached hydrogen (secondary N) is 2. The number of phenolic OH excluding ortho intramolecular Hbond substituents is 1. The van der Waals surface area contributed by atoms with Gasteiger partial charge >= 0.3 is 0 Å². The number of anilines is 1. The molecule has 6 nitrogen and oxygen atoms in total. The van der Waals surface area contributed by atoms with Gasteiger partial charge in [-0.25, -0.2) is 4.39 Å². The van der Waals surface area contributed by atoms with E-state index in [2.05, 4.69) is 20.5 Å². The highest BCUT2D eigenvalue weighted by atomic mass is 19.1. The van der Waals surface area contributed by atoms with E-state index in [1.807, 2.05) is 0 Å². The molecule has 1 aliphatic rings. The maximum Gasteiger partial charge on any atom is 0.271 e. The average Bonchev–Trinajstić information content (AvgIpc) is 2.59. The van der Waals surface area contributed by atoms with Crippen LogP contribution in [0.4, 0.5) is 10.1 Å². The van der Waals surface area contributed by atoms with Crippen molar-refractivity contribution in [3.8, 4) is 5.75 Å². The van der Waals surface area contributed by atoms with Crippen LogP contribution in [0.25, 0.3) is 0 Å². The van der Waals surface area contributed by atoms with Gasteiger partial charge in [0.25, 0.3) is 5.90 Å². The second-order valence-electron chi connectivity index (χ2n) is 3.30. The first-order chi connectivity index (χ1) is 8.09. The molecule has 0 saturated heterocycles. The molecule has 0 saturated carbocycles. The first kappa shape index (κ1) is 11.1. The third-order valence-corrected chi connectivity index (χ3v) is 2.10. The fraction of sp³-hybridized carbons (Fsp3) is 0.100. The van der Waals surface area contributed by atoms with Gasteiger partial charge in [-0.05, 0) is 19.1 Å². The molecule has 0 spiro atoms. The van der Waals surface area contributed by atoms with Crippen molar-refractivity contribution in [3.05, 3.63) is 24.0 Å². The third kappa shape index (κ3) is 2.07. The van der Waals surface area contributed by atoms with E-state index in [0.29, 0.717) is 5.71 Å². The second kappa shape index (κ2) is 4.20. The summed E-state index contributed by atoms with van der Waals surface area (Å²) in [5.74, 6) is -1.14. The van der Waals surface area contributed by atoms with Gasteiger partial charge in [-0.2, -0.15) is 5.10 Å². The van der Waals surface area contributed by atoms with Gasteiger partial charge in [-0.15, -0.1) is 0 Å². The number of aromatic hydroxyl groups is 1. The van der Waals surface area contributed by atoms with Crippen LogP contribution >= 0.6 is 0 Å². The molecule has 0 bridgehead atoms. The Morgan fingerprint density at radius 1 is 1.53 bits per heavy atom. The Kier molecular flexibility index (Phi) is 2.73. The monoisotopic (exact) mass is 236 g/mol. The first-order valence-corrected chi connectivity index (χ1v) is 4.71. The van der Waals surface area contributed by atoms with E-state index < -0.39 is 5.82 Å². The number of halogens is 1. The number of hydrogen-bond donors (Lipinski definition) is 3. The summed E-state index contributed by atoms with van der Waals surface area (Å²) < 4.78 is 13.3. The molecule has 3 N–H and O–H groups in total. The number of oxime groups is 1. The molecule has 0 aromatic heterocycles. The van der Waals surface area contributed by atoms with Crippen LogP contribution in [0, 0.1) is 11.2 Å². The summed E-state index contributed by atoms with van der Waals surface area (Å²) in [4.78, 5) is 4.57. The Morgan fingerprint density at radius 3 is 2.88 bits per heavy atom. The fourth-order valence-corrected chi connectivity index (χ4v) is 1.23. The lowest BCUT2D eigenvalue weighted by Crippen LogP contribution is -2.16. The largest absolute Gasteiger partial charge is 0.506 e. The van der Waals surface area contributed by atoms with Gasteiger partial charge in [0.05, 0.1) is 0 Å². The molecular weight excluding hydrogens is 227 g/mol. The Hall–Kier alpha value is -2.44. The van der Waals surface area contributed by atoms with Gasteiger partial charge in [-0.1, -0.05) is 11.2 Å². The molecule has 0 unspecified atom stereocenters. The minimum atomic E-state index is -0.644. The van der Waals surface area contributed by atoms with Crippen molar-refractivity contribution in [1.82, 2.24) is 0 Å². The predicted octanol–water partition coefficient (Wildman–Crippen LogP) is 1.68. The van der Waals surface area contributed by atoms with Crippen molar-refractivity contribution in [1.29, 1.82) is 5.41 Å². The van der Waals surface area contributed by atoms with Crippen LogP contribution in [0.2, 0.25) is 0 Å². The maximum atomic E-state index is 13.3. The van der Waals surface area contributed by atoms with E-state index in [0.717, 1.165) is 0 Å². The van der Waals surface area contributed by atoms with E-state index in [-0.39, 0.29) is 23.0 Å². The van der Waals surface area contributed by atoms with Gasteiger partial charge in [-0.3, -0.25) is 10.8 Å². The third-order valence-electron chi connectivity index (χ3n) is 2.10. The number of hydrogen-bond acceptors (Lipinski definition) is 6. The van der Waals surface area contributed by atoms with Crippen LogP contribution in [0.15, 0.2) is 28.5 Å². The first-order valence-electron chi connectivity index (χ1n) is 4.71. The number of nitrogens with zero attached hydrogens (tertiary/aromatic N) is 2. The SMILES string of the molecule is CC1=NOC(=N)/C1=N\Nc1c(O)cccc1F. The molecule has 2 rings (SSSR count). The van der Waals surface area contributed by atoms with Crippen molar-refractivity contribution in [2.45, 2.75) is 6.92 Å². The van der Waals surface area contributed by atoms with Crippen molar-refractivity contribution < 1.29 is 14.3 Å². The number of rotatable bonds is 2. The lowest BCUT2D eigenvalue weighted by Gasteiger charge is -2.05. The minimum Gasteiger partial charge on any atom is -0.506 e. The van der Waals surface area contributed by atoms with Crippen LogP contribution in [0.1, 0.15) is 6.92 Å². The fourth-order valence-electron chi connectivity index (χ4n) is 1.23. The van der Waals surface area contributed by atoms with E-state index in [4.69, 9.17) is 5.41 Å². The van der Waals surface area contributed by atoms with Crippen LogP contribution in [-0.2, 0) is 4.84 Å². The normalized spacial score (nSPS) is 16.9. The molecule has 88 valence electrons. The molecule has 1 heterocycles. The van der Waals surface area contributed by atoms with Gasteiger partial charge in [0, 0.05) is 0 Å². The van der Waals surface area contributed by atoms with Crippen molar-refractivity contribution in [2.75, 3.05) is 5.43 Å². The van der Waals surface area contributed by atoms with Crippen LogP contribution in [0.3, 0.4) is 0 Å². The lowest BCUT2D eigenvalue weighted by molar-refractivity contribution is 0.340. The van der Waals surface area contributed by atoms with Gasteiger partial charge in [0.15, 0.2) is 11.5 Å². The highest BCUT2D eigenvalue weighted by Gasteiger charge is 2.21. The highest BCUT2D eigenvalue weighted by Crippen LogP contribution is 2.25. The number of phenols is 1. The van der Waals surface area contributed by atoms with E-state index >= 15 is 0 Å². The van der Waals surface area contributed by atoms with Crippen molar-refractivity contribution in [2.24, 2.45) is 10.3 Å². The second-order valence-corrected chi connectivity index (χ2v) is 3.30. The summed E-state index contributed by atoms with van der Waals surface area (Å²) >= 11 is 0. The van der Waals surface area contributed by atoms with Crippen LogP contribution in [0.5, 0.6) is 5.75 Å². The smallest absolute Gasteiger partial charge is 0.271 e. The quantitative estimate of drug-likeness (QED) is 0.539. The predicted molar refractivity (Wildman–Crippen MR) is 61.0 cm³/mol. The van der Waals surface area contributed by atoms with Gasteiger partial charge < -0.3 is 9.94 Å². The van der Waals surface area contributed by atoms with E-state index in [1.54, 1.807) is 6.92 Å². The maximum absolute atomic E-state index is 13.3. The molecule has 0 fully saturated rings. The summed E-state index contributed by atoms with van der Waals surface area (Å²) in [6.45, 7) is 1.60. The Bertz CT molecular complexity index is 519. The molecule has 1 aliphatic heterocycles. The zero-order chi connectivity index (χ0) is 12.4. The number of benzene rings is 1.